The zero-order chi connectivity index (χ0) is 15.3. The molecule has 112 valence electrons. The van der Waals surface area contributed by atoms with E-state index in [1.165, 1.54) is 4.90 Å². The van der Waals surface area contributed by atoms with Crippen LogP contribution in [0.15, 0.2) is 15.2 Å². The van der Waals surface area contributed by atoms with Crippen molar-refractivity contribution in [2.45, 2.75) is 32.9 Å². The number of carbonyl (C=O) groups is 2. The molecule has 0 radical (unpaired) electrons. The van der Waals surface area contributed by atoms with Crippen LogP contribution in [0.3, 0.4) is 0 Å². The average Bonchev–Trinajstić information content (AvgIpc) is 2.79. The number of halogens is 1. The van der Waals surface area contributed by atoms with E-state index in [-0.39, 0.29) is 11.9 Å². The molecule has 0 aromatic carbocycles. The molecule has 0 aliphatic heterocycles. The van der Waals surface area contributed by atoms with Gasteiger partial charge in [0, 0.05) is 13.6 Å². The third-order valence-corrected chi connectivity index (χ3v) is 4.70. The second-order valence-electron chi connectivity index (χ2n) is 4.77. The van der Waals surface area contributed by atoms with E-state index in [9.17, 15) is 9.59 Å². The zero-order valence-electron chi connectivity index (χ0n) is 11.7. The van der Waals surface area contributed by atoms with Gasteiger partial charge in [-0.25, -0.2) is 9.59 Å². The quantitative estimate of drug-likeness (QED) is 0.816. The van der Waals surface area contributed by atoms with Crippen LogP contribution in [0.2, 0.25) is 0 Å². The van der Waals surface area contributed by atoms with Crippen molar-refractivity contribution >= 4 is 39.3 Å². The molecule has 0 bridgehead atoms. The maximum Gasteiger partial charge on any atom is 0.326 e. The lowest BCUT2D eigenvalue weighted by Gasteiger charge is -2.24. The van der Waals surface area contributed by atoms with Crippen molar-refractivity contribution < 1.29 is 14.7 Å². The SMILES string of the molecule is CCC(C)[C@H](NC(=O)N(C)Cc1csc(Br)c1)C(=O)O. The molecule has 7 heteroatoms. The van der Waals surface area contributed by atoms with Crippen LogP contribution >= 0.6 is 27.3 Å². The van der Waals surface area contributed by atoms with E-state index < -0.39 is 12.0 Å². The lowest BCUT2D eigenvalue weighted by molar-refractivity contribution is -0.140. The van der Waals surface area contributed by atoms with Gasteiger partial charge in [-0.1, -0.05) is 20.3 Å². The molecule has 2 atom stereocenters. The number of carboxylic acids is 1. The average molecular weight is 363 g/mol. The highest BCUT2D eigenvalue weighted by Gasteiger charge is 2.26. The molecule has 1 aromatic rings. The molecule has 5 nitrogen and oxygen atoms in total. The van der Waals surface area contributed by atoms with Gasteiger partial charge in [-0.3, -0.25) is 0 Å². The molecular weight excluding hydrogens is 344 g/mol. The molecule has 1 aromatic heterocycles. The number of hydrogen-bond acceptors (Lipinski definition) is 3. The predicted octanol–water partition coefficient (Wildman–Crippen LogP) is 3.15. The van der Waals surface area contributed by atoms with Crippen LogP contribution in [-0.4, -0.2) is 35.1 Å². The standard InChI is InChI=1S/C13H19BrN2O3S/c1-4-8(2)11(12(17)18)15-13(19)16(3)6-9-5-10(14)20-7-9/h5,7-8,11H,4,6H2,1-3H3,(H,15,19)(H,17,18)/t8?,11-/m0/s1. The molecule has 2 N–H and O–H groups in total. The number of nitrogens with one attached hydrogen (secondary N) is 1. The minimum atomic E-state index is -1.00. The Morgan fingerprint density at radius 3 is 2.65 bits per heavy atom. The van der Waals surface area contributed by atoms with Crippen LogP contribution in [-0.2, 0) is 11.3 Å². The van der Waals surface area contributed by atoms with Gasteiger partial charge in [0.15, 0.2) is 0 Å². The Balaban J connectivity index is 2.61. The van der Waals surface area contributed by atoms with E-state index in [0.717, 1.165) is 9.35 Å². The van der Waals surface area contributed by atoms with Gasteiger partial charge in [0.2, 0.25) is 0 Å². The first kappa shape index (κ1) is 17.0. The van der Waals surface area contributed by atoms with Gasteiger partial charge < -0.3 is 15.3 Å². The number of aliphatic carboxylic acids is 1. The lowest BCUT2D eigenvalue weighted by atomic mass is 9.99. The van der Waals surface area contributed by atoms with Gasteiger partial charge in [0.05, 0.1) is 3.79 Å². The third kappa shape index (κ3) is 4.79. The van der Waals surface area contributed by atoms with Crippen LogP contribution in [0.1, 0.15) is 25.8 Å². The first-order valence-corrected chi connectivity index (χ1v) is 7.99. The largest absolute Gasteiger partial charge is 0.480 e. The summed E-state index contributed by atoms with van der Waals surface area (Å²) in [5.74, 6) is -1.11. The minimum absolute atomic E-state index is 0.111. The van der Waals surface area contributed by atoms with Crippen molar-refractivity contribution in [2.75, 3.05) is 7.05 Å². The molecule has 2 amide bonds. The lowest BCUT2D eigenvalue weighted by Crippen LogP contribution is -2.49. The molecule has 0 saturated heterocycles. The number of nitrogens with zero attached hydrogens (tertiary/aromatic N) is 1. The van der Waals surface area contributed by atoms with Gasteiger partial charge in [-0.2, -0.15) is 0 Å². The van der Waals surface area contributed by atoms with E-state index in [2.05, 4.69) is 21.2 Å². The molecule has 0 aliphatic carbocycles. The minimum Gasteiger partial charge on any atom is -0.480 e. The summed E-state index contributed by atoms with van der Waals surface area (Å²) < 4.78 is 1.00. The van der Waals surface area contributed by atoms with Crippen molar-refractivity contribution in [3.63, 3.8) is 0 Å². The summed E-state index contributed by atoms with van der Waals surface area (Å²) in [6.45, 7) is 4.16. The summed E-state index contributed by atoms with van der Waals surface area (Å²) in [7, 11) is 1.65. The molecule has 20 heavy (non-hydrogen) atoms. The van der Waals surface area contributed by atoms with Crippen LogP contribution in [0.25, 0.3) is 0 Å². The topological polar surface area (TPSA) is 69.6 Å². The summed E-state index contributed by atoms with van der Waals surface area (Å²) in [6, 6.07) is 0.710. The molecular formula is C13H19BrN2O3S. The Morgan fingerprint density at radius 2 is 2.20 bits per heavy atom. The van der Waals surface area contributed by atoms with Crippen molar-refractivity contribution in [1.29, 1.82) is 0 Å². The van der Waals surface area contributed by atoms with Gasteiger partial charge in [0.1, 0.15) is 6.04 Å². The summed E-state index contributed by atoms with van der Waals surface area (Å²) in [5.41, 5.74) is 1.01. The molecule has 0 saturated carbocycles. The predicted molar refractivity (Wildman–Crippen MR) is 82.9 cm³/mol. The van der Waals surface area contributed by atoms with Crippen molar-refractivity contribution in [2.24, 2.45) is 5.92 Å². The van der Waals surface area contributed by atoms with Crippen molar-refractivity contribution in [1.82, 2.24) is 10.2 Å². The first-order valence-electron chi connectivity index (χ1n) is 6.32. The van der Waals surface area contributed by atoms with E-state index in [1.54, 1.807) is 18.4 Å². The fourth-order valence-electron chi connectivity index (χ4n) is 1.70. The Labute approximate surface area is 131 Å². The Morgan fingerprint density at radius 1 is 1.55 bits per heavy atom. The molecule has 0 spiro atoms. The summed E-state index contributed by atoms with van der Waals surface area (Å²) in [4.78, 5) is 24.7. The van der Waals surface area contributed by atoms with Gasteiger partial charge >= 0.3 is 12.0 Å². The number of hydrogen-bond donors (Lipinski definition) is 2. The van der Waals surface area contributed by atoms with Crippen LogP contribution in [0, 0.1) is 5.92 Å². The van der Waals surface area contributed by atoms with Crippen LogP contribution < -0.4 is 5.32 Å². The molecule has 1 heterocycles. The van der Waals surface area contributed by atoms with Gasteiger partial charge in [-0.05, 0) is 38.9 Å². The van der Waals surface area contributed by atoms with Gasteiger partial charge in [-0.15, -0.1) is 11.3 Å². The highest BCUT2D eigenvalue weighted by atomic mass is 79.9. The van der Waals surface area contributed by atoms with Gasteiger partial charge in [0.25, 0.3) is 0 Å². The zero-order valence-corrected chi connectivity index (χ0v) is 14.1. The first-order chi connectivity index (χ1) is 9.35. The summed E-state index contributed by atoms with van der Waals surface area (Å²) in [6.07, 6.45) is 0.693. The van der Waals surface area contributed by atoms with E-state index in [1.807, 2.05) is 25.3 Å². The number of carbonyl (C=O) groups excluding carboxylic acids is 1. The number of rotatable bonds is 6. The molecule has 1 rings (SSSR count). The monoisotopic (exact) mass is 362 g/mol. The van der Waals surface area contributed by atoms with E-state index in [4.69, 9.17) is 5.11 Å². The second-order valence-corrected chi connectivity index (χ2v) is 7.06. The number of amides is 2. The highest BCUT2D eigenvalue weighted by molar-refractivity contribution is 9.11. The molecule has 1 unspecified atom stereocenters. The fraction of sp³-hybridized carbons (Fsp3) is 0.538. The molecule has 0 fully saturated rings. The van der Waals surface area contributed by atoms with Crippen LogP contribution in [0.5, 0.6) is 0 Å². The maximum absolute atomic E-state index is 12.0. The van der Waals surface area contributed by atoms with Crippen molar-refractivity contribution in [3.05, 3.63) is 20.8 Å². The van der Waals surface area contributed by atoms with E-state index in [0.29, 0.717) is 13.0 Å². The van der Waals surface area contributed by atoms with E-state index >= 15 is 0 Å². The number of thiophene rings is 1. The smallest absolute Gasteiger partial charge is 0.326 e. The number of carboxylic acid groups (broad SMARTS) is 1. The summed E-state index contributed by atoms with van der Waals surface area (Å²) in [5, 5.41) is 13.7. The third-order valence-electron chi connectivity index (χ3n) is 3.15. The number of urea groups is 1. The Bertz CT molecular complexity index is 478. The highest BCUT2D eigenvalue weighted by Crippen LogP contribution is 2.21. The Kier molecular flexibility index (Phi) is 6.48. The summed E-state index contributed by atoms with van der Waals surface area (Å²) >= 11 is 4.92. The Hall–Kier alpha value is -1.08. The van der Waals surface area contributed by atoms with Crippen LogP contribution in [0.4, 0.5) is 4.79 Å². The molecule has 0 aliphatic rings. The second kappa shape index (κ2) is 7.64. The maximum atomic E-state index is 12.0. The van der Waals surface area contributed by atoms with Crippen molar-refractivity contribution in [3.8, 4) is 0 Å². The fourth-order valence-corrected chi connectivity index (χ4v) is 2.90. The normalized spacial score (nSPS) is 13.6.